The Morgan fingerprint density at radius 3 is 2.79 bits per heavy atom. The van der Waals surface area contributed by atoms with Gasteiger partial charge in [-0.25, -0.2) is 14.3 Å². The SMILES string of the molecule is O=C(NCCCn1nc2ccccn2c1=O)NC[C@@H](c1ccco1)N1CCCC1. The average Bonchev–Trinajstić information content (AvgIpc) is 3.49. The molecule has 29 heavy (non-hydrogen) atoms. The molecule has 1 fully saturated rings. The molecule has 0 radical (unpaired) electrons. The zero-order chi connectivity index (χ0) is 20.1. The summed E-state index contributed by atoms with van der Waals surface area (Å²) >= 11 is 0. The van der Waals surface area contributed by atoms with E-state index in [-0.39, 0.29) is 17.8 Å². The number of carbonyl (C=O) groups is 1. The Kier molecular flexibility index (Phi) is 5.95. The summed E-state index contributed by atoms with van der Waals surface area (Å²) < 4.78 is 8.50. The van der Waals surface area contributed by atoms with E-state index >= 15 is 0 Å². The maximum atomic E-state index is 12.2. The number of likely N-dealkylation sites (tertiary alicyclic amines) is 1. The number of amides is 2. The van der Waals surface area contributed by atoms with E-state index in [4.69, 9.17) is 4.42 Å². The quantitative estimate of drug-likeness (QED) is 0.562. The van der Waals surface area contributed by atoms with Crippen molar-refractivity contribution in [2.75, 3.05) is 26.2 Å². The van der Waals surface area contributed by atoms with Crippen molar-refractivity contribution < 1.29 is 9.21 Å². The first-order valence-electron chi connectivity index (χ1n) is 10.1. The van der Waals surface area contributed by atoms with Crippen LogP contribution in [0.3, 0.4) is 0 Å². The fourth-order valence-corrected chi connectivity index (χ4v) is 3.74. The summed E-state index contributed by atoms with van der Waals surface area (Å²) in [4.78, 5) is 26.8. The molecule has 9 nitrogen and oxygen atoms in total. The summed E-state index contributed by atoms with van der Waals surface area (Å²) in [5.74, 6) is 0.874. The molecule has 1 saturated heterocycles. The Labute approximate surface area is 168 Å². The smallest absolute Gasteiger partial charge is 0.350 e. The fraction of sp³-hybridized carbons (Fsp3) is 0.450. The van der Waals surface area contributed by atoms with Crippen LogP contribution in [0.4, 0.5) is 4.79 Å². The number of urea groups is 1. The third-order valence-corrected chi connectivity index (χ3v) is 5.23. The number of aromatic nitrogens is 3. The van der Waals surface area contributed by atoms with Crippen LogP contribution in [0.2, 0.25) is 0 Å². The number of fused-ring (bicyclic) bond motifs is 1. The van der Waals surface area contributed by atoms with Crippen LogP contribution in [-0.2, 0) is 6.54 Å². The van der Waals surface area contributed by atoms with Crippen LogP contribution >= 0.6 is 0 Å². The van der Waals surface area contributed by atoms with Crippen molar-refractivity contribution in [1.82, 2.24) is 29.7 Å². The van der Waals surface area contributed by atoms with Gasteiger partial charge in [-0.05, 0) is 56.6 Å². The van der Waals surface area contributed by atoms with Gasteiger partial charge in [0.15, 0.2) is 5.65 Å². The van der Waals surface area contributed by atoms with Gasteiger partial charge in [0.1, 0.15) is 5.76 Å². The van der Waals surface area contributed by atoms with E-state index in [9.17, 15) is 9.59 Å². The zero-order valence-corrected chi connectivity index (χ0v) is 16.3. The van der Waals surface area contributed by atoms with Gasteiger partial charge in [-0.15, -0.1) is 5.10 Å². The summed E-state index contributed by atoms with van der Waals surface area (Å²) in [7, 11) is 0. The minimum Gasteiger partial charge on any atom is -0.468 e. The van der Waals surface area contributed by atoms with E-state index in [2.05, 4.69) is 20.6 Å². The molecule has 0 aliphatic carbocycles. The molecule has 1 atom stereocenters. The standard InChI is InChI=1S/C20H26N6O3/c27-19(22-15-16(17-7-5-14-29-17)24-10-3-4-11-24)21-9-6-13-26-20(28)25-12-2-1-8-18(25)23-26/h1-2,5,7-8,12,14,16H,3-4,6,9-11,13,15H2,(H2,21,22,27)/t16-/m0/s1. The lowest BCUT2D eigenvalue weighted by Crippen LogP contribution is -2.42. The predicted molar refractivity (Wildman–Crippen MR) is 108 cm³/mol. The normalized spacial score (nSPS) is 15.6. The van der Waals surface area contributed by atoms with Crippen molar-refractivity contribution in [3.05, 3.63) is 59.0 Å². The molecule has 0 unspecified atom stereocenters. The molecule has 9 heteroatoms. The van der Waals surface area contributed by atoms with Gasteiger partial charge in [0.25, 0.3) is 0 Å². The van der Waals surface area contributed by atoms with E-state index in [0.717, 1.165) is 18.8 Å². The van der Waals surface area contributed by atoms with Crippen molar-refractivity contribution in [2.24, 2.45) is 0 Å². The monoisotopic (exact) mass is 398 g/mol. The minimum absolute atomic E-state index is 0.0507. The summed E-state index contributed by atoms with van der Waals surface area (Å²) in [6, 6.07) is 9.09. The van der Waals surface area contributed by atoms with E-state index in [1.807, 2.05) is 18.2 Å². The van der Waals surface area contributed by atoms with Crippen molar-refractivity contribution in [3.8, 4) is 0 Å². The molecule has 1 aliphatic rings. The molecular weight excluding hydrogens is 372 g/mol. The molecule has 2 amide bonds. The summed E-state index contributed by atoms with van der Waals surface area (Å²) in [5.41, 5.74) is 0.450. The highest BCUT2D eigenvalue weighted by Crippen LogP contribution is 2.24. The van der Waals surface area contributed by atoms with Gasteiger partial charge in [-0.2, -0.15) is 0 Å². The van der Waals surface area contributed by atoms with Gasteiger partial charge in [0, 0.05) is 25.8 Å². The molecule has 3 aromatic heterocycles. The topological polar surface area (TPSA) is 96.8 Å². The van der Waals surface area contributed by atoms with E-state index in [1.54, 1.807) is 24.6 Å². The van der Waals surface area contributed by atoms with Crippen molar-refractivity contribution in [1.29, 1.82) is 0 Å². The van der Waals surface area contributed by atoms with Crippen LogP contribution in [0.15, 0.2) is 52.0 Å². The van der Waals surface area contributed by atoms with E-state index in [0.29, 0.717) is 31.7 Å². The van der Waals surface area contributed by atoms with Gasteiger partial charge in [-0.3, -0.25) is 9.30 Å². The molecule has 0 bridgehead atoms. The Hall–Kier alpha value is -3.07. The van der Waals surface area contributed by atoms with Crippen molar-refractivity contribution in [2.45, 2.75) is 31.8 Å². The average molecular weight is 398 g/mol. The van der Waals surface area contributed by atoms with Gasteiger partial charge in [0.05, 0.1) is 12.3 Å². The maximum Gasteiger partial charge on any atom is 0.350 e. The molecule has 154 valence electrons. The molecule has 0 saturated carbocycles. The summed E-state index contributed by atoms with van der Waals surface area (Å²) in [6.45, 7) is 3.43. The summed E-state index contributed by atoms with van der Waals surface area (Å²) in [6.07, 6.45) is 6.32. The fourth-order valence-electron chi connectivity index (χ4n) is 3.74. The van der Waals surface area contributed by atoms with Crippen LogP contribution in [-0.4, -0.2) is 51.3 Å². The minimum atomic E-state index is -0.219. The van der Waals surface area contributed by atoms with Crippen LogP contribution in [0.5, 0.6) is 0 Å². The number of nitrogens with zero attached hydrogens (tertiary/aromatic N) is 4. The highest BCUT2D eigenvalue weighted by molar-refractivity contribution is 5.73. The first-order chi connectivity index (χ1) is 14.2. The highest BCUT2D eigenvalue weighted by Gasteiger charge is 2.25. The van der Waals surface area contributed by atoms with Gasteiger partial charge in [0.2, 0.25) is 0 Å². The molecule has 0 spiro atoms. The van der Waals surface area contributed by atoms with E-state index in [1.165, 1.54) is 21.9 Å². The maximum absolute atomic E-state index is 12.2. The molecular formula is C20H26N6O3. The Morgan fingerprint density at radius 1 is 1.17 bits per heavy atom. The molecule has 4 heterocycles. The third kappa shape index (κ3) is 4.51. The number of rotatable bonds is 8. The van der Waals surface area contributed by atoms with Crippen molar-refractivity contribution in [3.63, 3.8) is 0 Å². The lowest BCUT2D eigenvalue weighted by Gasteiger charge is -2.26. The lowest BCUT2D eigenvalue weighted by molar-refractivity contribution is 0.203. The first-order valence-corrected chi connectivity index (χ1v) is 10.1. The first kappa shape index (κ1) is 19.3. The Balaban J connectivity index is 1.23. The van der Waals surface area contributed by atoms with Crippen LogP contribution in [0.25, 0.3) is 5.65 Å². The van der Waals surface area contributed by atoms with Gasteiger partial charge < -0.3 is 15.1 Å². The number of furan rings is 1. The molecule has 2 N–H and O–H groups in total. The van der Waals surface area contributed by atoms with Gasteiger partial charge >= 0.3 is 11.7 Å². The number of hydrogen-bond donors (Lipinski definition) is 2. The predicted octanol–water partition coefficient (Wildman–Crippen LogP) is 1.62. The zero-order valence-electron chi connectivity index (χ0n) is 16.3. The van der Waals surface area contributed by atoms with Crippen molar-refractivity contribution >= 4 is 11.7 Å². The number of nitrogens with one attached hydrogen (secondary N) is 2. The summed E-state index contributed by atoms with van der Waals surface area (Å²) in [5, 5.41) is 10.1. The molecule has 3 aromatic rings. The lowest BCUT2D eigenvalue weighted by atomic mass is 10.2. The Bertz CT molecular complexity index is 987. The van der Waals surface area contributed by atoms with Gasteiger partial charge in [-0.1, -0.05) is 6.07 Å². The van der Waals surface area contributed by atoms with E-state index < -0.39 is 0 Å². The number of aryl methyl sites for hydroxylation is 1. The number of hydrogen-bond acceptors (Lipinski definition) is 5. The molecule has 0 aromatic carbocycles. The Morgan fingerprint density at radius 2 is 2.03 bits per heavy atom. The third-order valence-electron chi connectivity index (χ3n) is 5.23. The second-order valence-electron chi connectivity index (χ2n) is 7.20. The second kappa shape index (κ2) is 8.95. The molecule has 4 rings (SSSR count). The second-order valence-corrected chi connectivity index (χ2v) is 7.20. The highest BCUT2D eigenvalue weighted by atomic mass is 16.3. The van der Waals surface area contributed by atoms with Crippen LogP contribution in [0.1, 0.15) is 31.1 Å². The van der Waals surface area contributed by atoms with Crippen LogP contribution < -0.4 is 16.3 Å². The largest absolute Gasteiger partial charge is 0.468 e. The number of carbonyl (C=O) groups excluding carboxylic acids is 1. The number of pyridine rings is 1. The van der Waals surface area contributed by atoms with Crippen LogP contribution in [0, 0.1) is 0 Å². The molecule has 1 aliphatic heterocycles.